The minimum atomic E-state index is -3.00. The molecule has 1 unspecified atom stereocenters. The first-order valence-electron chi connectivity index (χ1n) is 10.2. The van der Waals surface area contributed by atoms with E-state index >= 15 is 0 Å². The molecule has 0 aromatic heterocycles. The Morgan fingerprint density at radius 1 is 1.00 bits per heavy atom. The maximum absolute atomic E-state index is 12.8. The summed E-state index contributed by atoms with van der Waals surface area (Å²) in [4.78, 5) is 2.83. The van der Waals surface area contributed by atoms with Gasteiger partial charge in [0.15, 0.2) is 0 Å². The predicted molar refractivity (Wildman–Crippen MR) is 125 cm³/mol. The number of nitrogens with one attached hydrogen (secondary N) is 2. The van der Waals surface area contributed by atoms with Crippen molar-refractivity contribution in [2.24, 2.45) is 0 Å². The van der Waals surface area contributed by atoms with Crippen LogP contribution in [0.4, 0.5) is 11.4 Å². The van der Waals surface area contributed by atoms with Crippen molar-refractivity contribution >= 4 is 32.9 Å². The van der Waals surface area contributed by atoms with Crippen LogP contribution in [-0.4, -0.2) is 17.3 Å². The summed E-state index contributed by atoms with van der Waals surface area (Å²) in [5.41, 5.74) is 6.03. The Hall–Kier alpha value is -2.34. The highest BCUT2D eigenvalue weighted by Crippen LogP contribution is 2.37. The number of fused-ring (bicyclic) bond motifs is 2. The summed E-state index contributed by atoms with van der Waals surface area (Å²) < 4.78 is 24.0. The van der Waals surface area contributed by atoms with Crippen LogP contribution in [0.3, 0.4) is 0 Å². The van der Waals surface area contributed by atoms with Gasteiger partial charge in [0.2, 0.25) is 0 Å². The van der Waals surface area contributed by atoms with Crippen molar-refractivity contribution in [2.75, 3.05) is 18.0 Å². The van der Waals surface area contributed by atoms with E-state index in [1.165, 1.54) is 16.8 Å². The molecule has 3 aromatic rings. The van der Waals surface area contributed by atoms with Crippen LogP contribution in [0.2, 0.25) is 5.02 Å². The van der Waals surface area contributed by atoms with Gasteiger partial charge in [0, 0.05) is 29.5 Å². The molecule has 4 nitrogen and oxygen atoms in total. The Morgan fingerprint density at radius 2 is 1.70 bits per heavy atom. The zero-order valence-electron chi connectivity index (χ0n) is 17.0. The smallest absolute Gasteiger partial charge is 0.134 e. The first-order chi connectivity index (χ1) is 14.4. The van der Waals surface area contributed by atoms with E-state index in [0.29, 0.717) is 11.4 Å². The number of para-hydroxylation sites is 1. The molecule has 0 saturated heterocycles. The van der Waals surface area contributed by atoms with Crippen LogP contribution >= 0.6 is 11.6 Å². The van der Waals surface area contributed by atoms with Gasteiger partial charge in [-0.3, -0.25) is 0 Å². The lowest BCUT2D eigenvalue weighted by Crippen LogP contribution is -2.27. The van der Waals surface area contributed by atoms with Gasteiger partial charge in [0.05, 0.1) is 4.90 Å². The van der Waals surface area contributed by atoms with Crippen LogP contribution in [0.25, 0.3) is 0 Å². The van der Waals surface area contributed by atoms with E-state index in [2.05, 4.69) is 40.0 Å². The third-order valence-corrected chi connectivity index (χ3v) is 7.28. The van der Waals surface area contributed by atoms with Gasteiger partial charge in [-0.1, -0.05) is 53.6 Å². The lowest BCUT2D eigenvalue weighted by molar-refractivity contribution is 0.657. The van der Waals surface area contributed by atoms with Gasteiger partial charge < -0.3 is 4.90 Å². The standard InChI is InChI=1S/C24H26ClN3OS/c1-18-7-13-22(14-8-18)30(26,29)27-15-4-16-28-23-6-3-2-5-19(23)9-10-20-11-12-21(25)17-24(20)28/h2-3,5-8,11-14,17H,4,9-10,15-16H2,1H3,(H2,26,27,29). The number of hydrogen-bond donors (Lipinski definition) is 2. The zero-order chi connectivity index (χ0) is 21.1. The molecule has 0 bridgehead atoms. The van der Waals surface area contributed by atoms with Crippen molar-refractivity contribution in [3.63, 3.8) is 0 Å². The molecule has 0 radical (unpaired) electrons. The molecule has 0 saturated carbocycles. The molecule has 0 aliphatic carbocycles. The van der Waals surface area contributed by atoms with E-state index in [1.807, 2.05) is 31.2 Å². The molecule has 6 heteroatoms. The molecule has 1 atom stereocenters. The average Bonchev–Trinajstić information content (AvgIpc) is 2.88. The fraction of sp³-hybridized carbons (Fsp3) is 0.250. The number of halogens is 1. The van der Waals surface area contributed by atoms with Crippen LogP contribution < -0.4 is 9.62 Å². The van der Waals surface area contributed by atoms with Crippen LogP contribution in [0, 0.1) is 11.7 Å². The molecule has 1 aliphatic heterocycles. The normalized spacial score (nSPS) is 15.1. The van der Waals surface area contributed by atoms with Crippen molar-refractivity contribution in [1.82, 2.24) is 4.72 Å². The fourth-order valence-corrected chi connectivity index (χ4v) is 5.18. The van der Waals surface area contributed by atoms with Crippen molar-refractivity contribution in [2.45, 2.75) is 31.1 Å². The second-order valence-corrected chi connectivity index (χ2v) is 9.98. The monoisotopic (exact) mass is 439 g/mol. The molecule has 30 heavy (non-hydrogen) atoms. The van der Waals surface area contributed by atoms with E-state index in [-0.39, 0.29) is 0 Å². The number of rotatable bonds is 6. The third-order valence-electron chi connectivity index (χ3n) is 5.50. The largest absolute Gasteiger partial charge is 0.341 e. The fourth-order valence-electron chi connectivity index (χ4n) is 3.89. The van der Waals surface area contributed by atoms with Gasteiger partial charge in [-0.2, -0.15) is 0 Å². The molecule has 0 amide bonds. The lowest BCUT2D eigenvalue weighted by atomic mass is 10.0. The van der Waals surface area contributed by atoms with Gasteiger partial charge in [0.25, 0.3) is 0 Å². The Kier molecular flexibility index (Phi) is 6.14. The van der Waals surface area contributed by atoms with Crippen LogP contribution in [0.5, 0.6) is 0 Å². The van der Waals surface area contributed by atoms with Gasteiger partial charge in [-0.15, -0.1) is 0 Å². The zero-order valence-corrected chi connectivity index (χ0v) is 18.6. The molecule has 1 aliphatic rings. The van der Waals surface area contributed by atoms with Crippen molar-refractivity contribution in [3.05, 3.63) is 88.4 Å². The van der Waals surface area contributed by atoms with Crippen molar-refractivity contribution in [1.29, 1.82) is 4.78 Å². The first kappa shape index (κ1) is 20.9. The summed E-state index contributed by atoms with van der Waals surface area (Å²) in [7, 11) is -3.00. The summed E-state index contributed by atoms with van der Waals surface area (Å²) in [6.45, 7) is 3.22. The van der Waals surface area contributed by atoms with E-state index in [4.69, 9.17) is 16.4 Å². The molecule has 3 aromatic carbocycles. The second kappa shape index (κ2) is 8.80. The van der Waals surface area contributed by atoms with E-state index in [0.717, 1.165) is 42.1 Å². The minimum Gasteiger partial charge on any atom is -0.341 e. The van der Waals surface area contributed by atoms with E-state index in [9.17, 15) is 4.21 Å². The summed E-state index contributed by atoms with van der Waals surface area (Å²) in [6.07, 6.45) is 2.72. The van der Waals surface area contributed by atoms with Crippen molar-refractivity contribution in [3.8, 4) is 0 Å². The van der Waals surface area contributed by atoms with Crippen LogP contribution in [0.1, 0.15) is 23.1 Å². The Bertz CT molecular complexity index is 1140. The maximum Gasteiger partial charge on any atom is 0.134 e. The lowest BCUT2D eigenvalue weighted by Gasteiger charge is -2.27. The number of anilines is 2. The minimum absolute atomic E-state index is 0.491. The number of nitrogens with zero attached hydrogens (tertiary/aromatic N) is 1. The van der Waals surface area contributed by atoms with E-state index < -0.39 is 9.92 Å². The Morgan fingerprint density at radius 3 is 2.47 bits per heavy atom. The molecular formula is C24H26ClN3OS. The van der Waals surface area contributed by atoms with E-state index in [1.54, 1.807) is 12.1 Å². The Balaban J connectivity index is 1.50. The summed E-state index contributed by atoms with van der Waals surface area (Å²) in [5.74, 6) is 0. The van der Waals surface area contributed by atoms with Gasteiger partial charge >= 0.3 is 0 Å². The molecule has 156 valence electrons. The topological polar surface area (TPSA) is 56.2 Å². The summed E-state index contributed by atoms with van der Waals surface area (Å²) in [6, 6.07) is 21.9. The first-order valence-corrected chi connectivity index (χ1v) is 12.1. The maximum atomic E-state index is 12.8. The van der Waals surface area contributed by atoms with Gasteiger partial charge in [-0.05, 0) is 67.6 Å². The molecule has 2 N–H and O–H groups in total. The summed E-state index contributed by atoms with van der Waals surface area (Å²) in [5, 5.41) is 0.727. The highest BCUT2D eigenvalue weighted by Gasteiger charge is 2.20. The summed E-state index contributed by atoms with van der Waals surface area (Å²) >= 11 is 6.32. The predicted octanol–water partition coefficient (Wildman–Crippen LogP) is 5.89. The molecule has 1 heterocycles. The molecule has 4 rings (SSSR count). The quantitative estimate of drug-likeness (QED) is 0.471. The SMILES string of the molecule is Cc1ccc(S(=N)(=O)NCCCN2c3ccccc3CCc3ccc(Cl)cc32)cc1. The number of hydrogen-bond acceptors (Lipinski definition) is 3. The second-order valence-electron chi connectivity index (χ2n) is 7.67. The Labute approximate surface area is 184 Å². The number of aryl methyl sites for hydroxylation is 3. The average molecular weight is 440 g/mol. The molecule has 0 spiro atoms. The molecule has 0 fully saturated rings. The third kappa shape index (κ3) is 4.53. The van der Waals surface area contributed by atoms with Crippen molar-refractivity contribution < 1.29 is 4.21 Å². The van der Waals surface area contributed by atoms with Gasteiger partial charge in [0.1, 0.15) is 9.92 Å². The number of benzene rings is 3. The highest BCUT2D eigenvalue weighted by molar-refractivity contribution is 7.90. The highest BCUT2D eigenvalue weighted by atomic mass is 35.5. The van der Waals surface area contributed by atoms with Crippen LogP contribution in [-0.2, 0) is 22.8 Å². The van der Waals surface area contributed by atoms with Gasteiger partial charge in [-0.25, -0.2) is 13.7 Å². The van der Waals surface area contributed by atoms with Crippen LogP contribution in [0.15, 0.2) is 71.6 Å². The molecular weight excluding hydrogens is 414 g/mol.